The predicted molar refractivity (Wildman–Crippen MR) is 153 cm³/mol. The normalized spacial score (nSPS) is 11.1. The fourth-order valence-electron chi connectivity index (χ4n) is 3.82. The number of hydrogen-bond donors (Lipinski definition) is 0. The summed E-state index contributed by atoms with van der Waals surface area (Å²) in [6.07, 6.45) is 5.28. The van der Waals surface area contributed by atoms with Crippen molar-refractivity contribution in [1.82, 2.24) is 15.0 Å². The molecule has 10 nitrogen and oxygen atoms in total. The van der Waals surface area contributed by atoms with Gasteiger partial charge in [-0.25, -0.2) is 14.3 Å². The molecule has 0 aliphatic heterocycles. The third kappa shape index (κ3) is 6.58. The maximum Gasteiger partial charge on any atom is 0.417 e. The van der Waals surface area contributed by atoms with E-state index in [-0.39, 0.29) is 30.6 Å². The third-order valence-electron chi connectivity index (χ3n) is 5.73. The van der Waals surface area contributed by atoms with Gasteiger partial charge < -0.3 is 14.4 Å². The highest BCUT2D eigenvalue weighted by molar-refractivity contribution is 5.92. The number of benzene rings is 1. The van der Waals surface area contributed by atoms with Crippen LogP contribution in [-0.2, 0) is 11.3 Å². The third-order valence-corrected chi connectivity index (χ3v) is 5.73. The van der Waals surface area contributed by atoms with Crippen molar-refractivity contribution < 1.29 is 23.6 Å². The van der Waals surface area contributed by atoms with Crippen LogP contribution < -0.4 is 19.1 Å². The number of rotatable bonds is 9. The summed E-state index contributed by atoms with van der Waals surface area (Å²) in [4.78, 5) is 42.4. The van der Waals surface area contributed by atoms with Crippen molar-refractivity contribution in [3.8, 4) is 11.7 Å². The minimum Gasteiger partial charge on any atom is -0.472 e. The van der Waals surface area contributed by atoms with Crippen LogP contribution in [0.15, 0.2) is 73.6 Å². The Hall–Kier alpha value is -4.86. The maximum absolute atomic E-state index is 13.1. The van der Waals surface area contributed by atoms with Gasteiger partial charge in [-0.3, -0.25) is 4.79 Å². The van der Waals surface area contributed by atoms with E-state index in [0.717, 1.165) is 17.5 Å². The first-order chi connectivity index (χ1) is 19.1. The van der Waals surface area contributed by atoms with Crippen LogP contribution in [0.25, 0.3) is 16.9 Å². The summed E-state index contributed by atoms with van der Waals surface area (Å²) in [5.74, 6) is 0.588. The number of pyridine rings is 2. The molecule has 4 aromatic rings. The van der Waals surface area contributed by atoms with Gasteiger partial charge in [-0.05, 0) is 37.4 Å². The number of amides is 1. The van der Waals surface area contributed by atoms with E-state index in [1.807, 2.05) is 73.9 Å². The summed E-state index contributed by atoms with van der Waals surface area (Å²) >= 11 is 0. The Morgan fingerprint density at radius 2 is 1.75 bits per heavy atom. The lowest BCUT2D eigenvalue weighted by molar-refractivity contribution is -0.599. The predicted octanol–water partition coefficient (Wildman–Crippen LogP) is 4.69. The molecule has 0 saturated heterocycles. The lowest BCUT2D eigenvalue weighted by Gasteiger charge is -2.25. The van der Waals surface area contributed by atoms with Crippen molar-refractivity contribution in [2.24, 2.45) is 0 Å². The number of ether oxygens (including phenoxy) is 2. The molecular formula is C30H33N6O4+. The SMILES string of the molecule is C=CCN(C(=O)OC(C)(C)C)c1nc(OCc2ccccc2)c2cc(C=O)c(-[n+]3ccc(N(C)C)cc3)nc2n1. The van der Waals surface area contributed by atoms with Crippen LogP contribution in [0.4, 0.5) is 16.4 Å². The molecule has 0 aliphatic carbocycles. The Balaban J connectivity index is 1.87. The zero-order chi connectivity index (χ0) is 28.9. The summed E-state index contributed by atoms with van der Waals surface area (Å²) in [7, 11) is 3.89. The molecule has 0 spiro atoms. The first-order valence-electron chi connectivity index (χ1n) is 12.7. The van der Waals surface area contributed by atoms with Gasteiger partial charge in [0, 0.05) is 31.9 Å². The number of hydrogen-bond acceptors (Lipinski definition) is 8. The molecule has 0 radical (unpaired) electrons. The number of aldehydes is 1. The molecule has 1 amide bonds. The number of aromatic nitrogens is 4. The van der Waals surface area contributed by atoms with Crippen molar-refractivity contribution in [3.63, 3.8) is 0 Å². The molecule has 40 heavy (non-hydrogen) atoms. The van der Waals surface area contributed by atoms with Crippen molar-refractivity contribution in [3.05, 3.63) is 84.7 Å². The second-order valence-corrected chi connectivity index (χ2v) is 10.2. The van der Waals surface area contributed by atoms with E-state index < -0.39 is 11.7 Å². The van der Waals surface area contributed by atoms with E-state index in [0.29, 0.717) is 16.8 Å². The maximum atomic E-state index is 13.1. The largest absolute Gasteiger partial charge is 0.472 e. The Labute approximate surface area is 233 Å². The molecule has 3 aromatic heterocycles. The van der Waals surface area contributed by atoms with Gasteiger partial charge >= 0.3 is 11.9 Å². The summed E-state index contributed by atoms with van der Waals surface area (Å²) in [6.45, 7) is 9.40. The van der Waals surface area contributed by atoms with Gasteiger partial charge in [-0.15, -0.1) is 6.58 Å². The second-order valence-electron chi connectivity index (χ2n) is 10.2. The highest BCUT2D eigenvalue weighted by Gasteiger charge is 2.28. The minimum absolute atomic E-state index is 0.0370. The zero-order valence-electron chi connectivity index (χ0n) is 23.4. The average Bonchev–Trinajstić information content (AvgIpc) is 2.93. The molecule has 206 valence electrons. The first kappa shape index (κ1) is 28.2. The van der Waals surface area contributed by atoms with Crippen LogP contribution in [0.1, 0.15) is 36.7 Å². The molecule has 0 bridgehead atoms. The van der Waals surface area contributed by atoms with Crippen molar-refractivity contribution in [2.75, 3.05) is 30.4 Å². The van der Waals surface area contributed by atoms with Crippen molar-refractivity contribution in [1.29, 1.82) is 0 Å². The van der Waals surface area contributed by atoms with E-state index in [4.69, 9.17) is 14.5 Å². The molecule has 3 heterocycles. The Bertz CT molecular complexity index is 1520. The minimum atomic E-state index is -0.736. The van der Waals surface area contributed by atoms with E-state index >= 15 is 0 Å². The number of fused-ring (bicyclic) bond motifs is 1. The van der Waals surface area contributed by atoms with Crippen molar-refractivity contribution in [2.45, 2.75) is 33.0 Å². The quantitative estimate of drug-likeness (QED) is 0.171. The fraction of sp³-hybridized carbons (Fsp3) is 0.267. The Kier molecular flexibility index (Phi) is 8.37. The van der Waals surface area contributed by atoms with Crippen LogP contribution in [0, 0.1) is 0 Å². The zero-order valence-corrected chi connectivity index (χ0v) is 23.4. The smallest absolute Gasteiger partial charge is 0.417 e. The second kappa shape index (κ2) is 11.9. The highest BCUT2D eigenvalue weighted by atomic mass is 16.6. The molecule has 0 unspecified atom stereocenters. The molecule has 0 atom stereocenters. The topological polar surface area (TPSA) is 102 Å². The number of anilines is 2. The number of carbonyl (C=O) groups excluding carboxylic acids is 2. The van der Waals surface area contributed by atoms with E-state index in [1.54, 1.807) is 37.5 Å². The Morgan fingerprint density at radius 3 is 2.35 bits per heavy atom. The lowest BCUT2D eigenvalue weighted by atomic mass is 10.2. The van der Waals surface area contributed by atoms with E-state index in [9.17, 15) is 9.59 Å². The fourth-order valence-corrected chi connectivity index (χ4v) is 3.82. The first-order valence-corrected chi connectivity index (χ1v) is 12.7. The molecule has 10 heteroatoms. The van der Waals surface area contributed by atoms with E-state index in [2.05, 4.69) is 16.5 Å². The summed E-state index contributed by atoms with van der Waals surface area (Å²) < 4.78 is 13.4. The summed E-state index contributed by atoms with van der Waals surface area (Å²) in [5, 5.41) is 0.429. The van der Waals surface area contributed by atoms with Crippen molar-refractivity contribution >= 4 is 35.0 Å². The molecule has 1 aromatic carbocycles. The van der Waals surface area contributed by atoms with Crippen LogP contribution in [0.5, 0.6) is 5.88 Å². The van der Waals surface area contributed by atoms with Gasteiger partial charge in [0.15, 0.2) is 6.29 Å². The standard InChI is InChI=1S/C30H33N6O4/c1-7-15-36(29(38)40-30(2,3)4)28-32-25-24(27(33-28)39-20-21-11-9-8-10-12-21)18-22(19-37)26(31-25)35-16-13-23(14-17-35)34(5)6/h7-14,16-19H,1,15,20H2,2-6H3/q+1. The molecular weight excluding hydrogens is 508 g/mol. The monoisotopic (exact) mass is 541 g/mol. The van der Waals surface area contributed by atoms with Crippen LogP contribution in [0.2, 0.25) is 0 Å². The number of nitrogens with zero attached hydrogens (tertiary/aromatic N) is 6. The number of carbonyl (C=O) groups is 2. The van der Waals surface area contributed by atoms with Crippen LogP contribution in [-0.4, -0.2) is 53.6 Å². The molecule has 0 saturated carbocycles. The van der Waals surface area contributed by atoms with Gasteiger partial charge in [0.2, 0.25) is 11.8 Å². The van der Waals surface area contributed by atoms with Gasteiger partial charge in [0.1, 0.15) is 23.2 Å². The summed E-state index contributed by atoms with van der Waals surface area (Å²) in [5.41, 5.74) is 1.74. The van der Waals surface area contributed by atoms with Gasteiger partial charge in [-0.2, -0.15) is 9.97 Å². The molecule has 0 N–H and O–H groups in total. The highest BCUT2D eigenvalue weighted by Crippen LogP contribution is 2.28. The van der Waals surface area contributed by atoms with Gasteiger partial charge in [0.05, 0.1) is 18.9 Å². The Morgan fingerprint density at radius 1 is 1.05 bits per heavy atom. The summed E-state index contributed by atoms with van der Waals surface area (Å²) in [6, 6.07) is 15.1. The van der Waals surface area contributed by atoms with E-state index in [1.165, 1.54) is 4.90 Å². The van der Waals surface area contributed by atoms with Gasteiger partial charge in [-0.1, -0.05) is 36.4 Å². The lowest BCUT2D eigenvalue weighted by Crippen LogP contribution is -2.38. The van der Waals surface area contributed by atoms with Crippen LogP contribution in [0.3, 0.4) is 0 Å². The average molecular weight is 542 g/mol. The molecule has 0 fully saturated rings. The van der Waals surface area contributed by atoms with Gasteiger partial charge in [0.25, 0.3) is 5.65 Å². The molecule has 0 aliphatic rings. The molecule has 4 rings (SSSR count). The van der Waals surface area contributed by atoms with Crippen LogP contribution >= 0.6 is 0 Å².